The summed E-state index contributed by atoms with van der Waals surface area (Å²) in [6, 6.07) is 1.52. The molecule has 1 saturated carbocycles. The average molecular weight is 208 g/mol. The van der Waals surface area contributed by atoms with Crippen molar-refractivity contribution in [2.45, 2.75) is 50.6 Å². The topological polar surface area (TPSA) is 24.1 Å². The molecule has 15 heavy (non-hydrogen) atoms. The van der Waals surface area contributed by atoms with Crippen LogP contribution >= 0.6 is 0 Å². The minimum Gasteiger partial charge on any atom is -0.314 e. The van der Waals surface area contributed by atoms with E-state index in [2.05, 4.69) is 17.2 Å². The molecule has 2 N–H and O–H groups in total. The van der Waals surface area contributed by atoms with E-state index in [0.717, 1.165) is 24.5 Å². The first-order chi connectivity index (χ1) is 7.42. The smallest absolute Gasteiger partial charge is 0.0135 e. The Morgan fingerprint density at radius 2 is 2.13 bits per heavy atom. The number of piperidine rings is 1. The van der Waals surface area contributed by atoms with E-state index in [0.29, 0.717) is 0 Å². The van der Waals surface area contributed by atoms with Crippen molar-refractivity contribution >= 4 is 0 Å². The molecule has 2 nitrogen and oxygen atoms in total. The van der Waals surface area contributed by atoms with Gasteiger partial charge in [-0.15, -0.1) is 6.58 Å². The molecule has 2 fully saturated rings. The molecule has 0 aromatic heterocycles. The Morgan fingerprint density at radius 1 is 1.20 bits per heavy atom. The summed E-state index contributed by atoms with van der Waals surface area (Å²) in [7, 11) is 0. The first-order valence-corrected chi connectivity index (χ1v) is 6.49. The van der Waals surface area contributed by atoms with E-state index in [4.69, 9.17) is 0 Å². The van der Waals surface area contributed by atoms with E-state index >= 15 is 0 Å². The SMILES string of the molecule is C=CCNC1CCCC1C1CCCCN1. The molecule has 0 aromatic carbocycles. The van der Waals surface area contributed by atoms with E-state index in [1.54, 1.807) is 0 Å². The highest BCUT2D eigenvalue weighted by Gasteiger charge is 2.33. The second-order valence-corrected chi connectivity index (χ2v) is 4.95. The average Bonchev–Trinajstić information content (AvgIpc) is 2.75. The molecule has 0 amide bonds. The Balaban J connectivity index is 1.85. The van der Waals surface area contributed by atoms with Crippen LogP contribution in [0.25, 0.3) is 0 Å². The van der Waals surface area contributed by atoms with Gasteiger partial charge in [-0.3, -0.25) is 0 Å². The van der Waals surface area contributed by atoms with Crippen LogP contribution in [0.2, 0.25) is 0 Å². The minimum absolute atomic E-state index is 0.735. The van der Waals surface area contributed by atoms with Gasteiger partial charge in [-0.25, -0.2) is 0 Å². The van der Waals surface area contributed by atoms with Crippen LogP contribution < -0.4 is 10.6 Å². The van der Waals surface area contributed by atoms with Crippen molar-refractivity contribution in [1.29, 1.82) is 0 Å². The number of nitrogens with one attached hydrogen (secondary N) is 2. The van der Waals surface area contributed by atoms with Crippen LogP contribution in [-0.2, 0) is 0 Å². The molecule has 1 aliphatic carbocycles. The van der Waals surface area contributed by atoms with Crippen LogP contribution in [0.4, 0.5) is 0 Å². The number of rotatable bonds is 4. The lowest BCUT2D eigenvalue weighted by Crippen LogP contribution is -2.46. The molecule has 1 aliphatic heterocycles. The predicted octanol–water partition coefficient (Wildman–Crippen LogP) is 2.07. The van der Waals surface area contributed by atoms with Gasteiger partial charge in [-0.1, -0.05) is 18.9 Å². The fourth-order valence-electron chi connectivity index (χ4n) is 3.20. The molecule has 2 heteroatoms. The summed E-state index contributed by atoms with van der Waals surface area (Å²) in [5, 5.41) is 7.32. The Morgan fingerprint density at radius 3 is 2.87 bits per heavy atom. The third-order valence-electron chi connectivity index (χ3n) is 3.96. The summed E-state index contributed by atoms with van der Waals surface area (Å²) >= 11 is 0. The van der Waals surface area contributed by atoms with Crippen LogP contribution in [0.3, 0.4) is 0 Å². The molecule has 0 radical (unpaired) electrons. The highest BCUT2D eigenvalue weighted by atomic mass is 15.0. The molecule has 2 aliphatic rings. The van der Waals surface area contributed by atoms with Crippen molar-refractivity contribution in [3.05, 3.63) is 12.7 Å². The zero-order valence-corrected chi connectivity index (χ0v) is 9.67. The van der Waals surface area contributed by atoms with Crippen molar-refractivity contribution in [2.75, 3.05) is 13.1 Å². The summed E-state index contributed by atoms with van der Waals surface area (Å²) < 4.78 is 0. The Labute approximate surface area is 93.5 Å². The summed E-state index contributed by atoms with van der Waals surface area (Å²) in [6.07, 6.45) is 10.3. The lowest BCUT2D eigenvalue weighted by atomic mass is 9.88. The van der Waals surface area contributed by atoms with Gasteiger partial charge in [0, 0.05) is 18.6 Å². The molecule has 1 saturated heterocycles. The predicted molar refractivity (Wildman–Crippen MR) is 65.0 cm³/mol. The van der Waals surface area contributed by atoms with Gasteiger partial charge in [-0.05, 0) is 38.1 Å². The molecule has 0 spiro atoms. The van der Waals surface area contributed by atoms with E-state index < -0.39 is 0 Å². The summed E-state index contributed by atoms with van der Waals surface area (Å²) in [4.78, 5) is 0. The lowest BCUT2D eigenvalue weighted by molar-refractivity contribution is 0.261. The fourth-order valence-corrected chi connectivity index (χ4v) is 3.20. The second kappa shape index (κ2) is 5.66. The fraction of sp³-hybridized carbons (Fsp3) is 0.846. The first kappa shape index (κ1) is 11.2. The third kappa shape index (κ3) is 2.82. The third-order valence-corrected chi connectivity index (χ3v) is 3.96. The zero-order valence-electron chi connectivity index (χ0n) is 9.67. The van der Waals surface area contributed by atoms with Crippen molar-refractivity contribution in [3.8, 4) is 0 Å². The lowest BCUT2D eigenvalue weighted by Gasteiger charge is -2.33. The van der Waals surface area contributed by atoms with Crippen molar-refractivity contribution < 1.29 is 0 Å². The Hall–Kier alpha value is -0.340. The molecule has 0 aromatic rings. The van der Waals surface area contributed by atoms with Crippen molar-refractivity contribution in [3.63, 3.8) is 0 Å². The maximum absolute atomic E-state index is 3.78. The standard InChI is InChI=1S/C13H24N2/c1-2-9-14-13-8-5-6-11(13)12-7-3-4-10-15-12/h2,11-15H,1,3-10H2. The monoisotopic (exact) mass is 208 g/mol. The molecule has 1 heterocycles. The van der Waals surface area contributed by atoms with E-state index in [9.17, 15) is 0 Å². The van der Waals surface area contributed by atoms with E-state index in [-0.39, 0.29) is 0 Å². The molecule has 3 atom stereocenters. The number of hydrogen-bond acceptors (Lipinski definition) is 2. The van der Waals surface area contributed by atoms with Gasteiger partial charge < -0.3 is 10.6 Å². The van der Waals surface area contributed by atoms with Gasteiger partial charge in [0.25, 0.3) is 0 Å². The van der Waals surface area contributed by atoms with Crippen molar-refractivity contribution in [2.24, 2.45) is 5.92 Å². The van der Waals surface area contributed by atoms with Gasteiger partial charge in [-0.2, -0.15) is 0 Å². The first-order valence-electron chi connectivity index (χ1n) is 6.49. The van der Waals surface area contributed by atoms with Gasteiger partial charge in [0.15, 0.2) is 0 Å². The summed E-state index contributed by atoms with van der Waals surface area (Å²) in [5.41, 5.74) is 0. The summed E-state index contributed by atoms with van der Waals surface area (Å²) in [5.74, 6) is 0.866. The normalized spacial score (nSPS) is 36.7. The molecule has 2 rings (SSSR count). The zero-order chi connectivity index (χ0) is 10.5. The molecule has 3 unspecified atom stereocenters. The summed E-state index contributed by atoms with van der Waals surface area (Å²) in [6.45, 7) is 5.98. The Kier molecular flexibility index (Phi) is 4.21. The second-order valence-electron chi connectivity index (χ2n) is 4.95. The van der Waals surface area contributed by atoms with Gasteiger partial charge >= 0.3 is 0 Å². The highest BCUT2D eigenvalue weighted by molar-refractivity contribution is 4.93. The molecular weight excluding hydrogens is 184 g/mol. The van der Waals surface area contributed by atoms with Crippen LogP contribution in [0.5, 0.6) is 0 Å². The van der Waals surface area contributed by atoms with Gasteiger partial charge in [0.2, 0.25) is 0 Å². The largest absolute Gasteiger partial charge is 0.314 e. The van der Waals surface area contributed by atoms with Gasteiger partial charge in [0.1, 0.15) is 0 Å². The quantitative estimate of drug-likeness (QED) is 0.691. The number of hydrogen-bond donors (Lipinski definition) is 2. The van der Waals surface area contributed by atoms with Gasteiger partial charge in [0.05, 0.1) is 0 Å². The van der Waals surface area contributed by atoms with Crippen LogP contribution in [0.15, 0.2) is 12.7 Å². The molecule has 86 valence electrons. The van der Waals surface area contributed by atoms with E-state index in [1.807, 2.05) is 6.08 Å². The molecule has 0 bridgehead atoms. The van der Waals surface area contributed by atoms with Crippen LogP contribution in [0.1, 0.15) is 38.5 Å². The Bertz CT molecular complexity index is 197. The van der Waals surface area contributed by atoms with Crippen molar-refractivity contribution in [1.82, 2.24) is 10.6 Å². The maximum atomic E-state index is 3.78. The minimum atomic E-state index is 0.735. The van der Waals surface area contributed by atoms with Crippen LogP contribution in [-0.4, -0.2) is 25.2 Å². The van der Waals surface area contributed by atoms with E-state index in [1.165, 1.54) is 45.1 Å². The molecular formula is C13H24N2. The maximum Gasteiger partial charge on any atom is 0.0135 e. The highest BCUT2D eigenvalue weighted by Crippen LogP contribution is 2.31. The van der Waals surface area contributed by atoms with Crippen LogP contribution in [0, 0.1) is 5.92 Å².